The molecule has 0 aromatic heterocycles. The lowest BCUT2D eigenvalue weighted by atomic mass is 10.0. The molecule has 0 spiro atoms. The molecule has 2 atom stereocenters. The molecule has 0 unspecified atom stereocenters. The van der Waals surface area contributed by atoms with Gasteiger partial charge in [-0.1, -0.05) is 30.3 Å². The fraction of sp³-hybridized carbons (Fsp3) is 0.375. The summed E-state index contributed by atoms with van der Waals surface area (Å²) in [6.07, 6.45) is -1.21. The lowest BCUT2D eigenvalue weighted by molar-refractivity contribution is -0.133. The third-order valence-corrected chi connectivity index (χ3v) is 3.43. The smallest absolute Gasteiger partial charge is 0.445 e. The monoisotopic (exact) mass is 365 g/mol. The first-order valence-electron chi connectivity index (χ1n) is 7.84. The molecule has 1 aromatic rings. The Bertz CT molecular complexity index is 638. The summed E-state index contributed by atoms with van der Waals surface area (Å²) < 4.78 is 14.6. The summed E-state index contributed by atoms with van der Waals surface area (Å²) in [5, 5.41) is 7.24. The number of carbonyl (C=O) groups is 4. The van der Waals surface area contributed by atoms with Crippen LogP contribution in [0.5, 0.6) is 0 Å². The van der Waals surface area contributed by atoms with Gasteiger partial charge in [-0.15, -0.1) is 0 Å². The van der Waals surface area contributed by atoms with E-state index in [4.69, 9.17) is 9.47 Å². The molecule has 1 aliphatic rings. The van der Waals surface area contributed by atoms with E-state index in [9.17, 15) is 19.2 Å². The SMILES string of the molecule is O=CNCCOC(=O)OC[C@H]1NC(=O)[C@H]1NC(=O)OCc1ccccc1. The van der Waals surface area contributed by atoms with Gasteiger partial charge in [-0.3, -0.25) is 9.59 Å². The molecule has 26 heavy (non-hydrogen) atoms. The normalized spacial score (nSPS) is 17.9. The molecular formula is C16H19N3O7. The van der Waals surface area contributed by atoms with Crippen LogP contribution in [-0.2, 0) is 30.4 Å². The number of rotatable bonds is 9. The predicted molar refractivity (Wildman–Crippen MR) is 86.8 cm³/mol. The Kier molecular flexibility index (Phi) is 7.22. The topological polar surface area (TPSA) is 132 Å². The second kappa shape index (κ2) is 9.87. The Labute approximate surface area is 149 Å². The number of hydrogen-bond donors (Lipinski definition) is 3. The number of alkyl carbamates (subject to hydrolysis) is 1. The van der Waals surface area contributed by atoms with Gasteiger partial charge in [-0.2, -0.15) is 0 Å². The van der Waals surface area contributed by atoms with Crippen molar-refractivity contribution in [3.05, 3.63) is 35.9 Å². The van der Waals surface area contributed by atoms with E-state index in [-0.39, 0.29) is 26.4 Å². The Morgan fingerprint density at radius 3 is 2.62 bits per heavy atom. The Morgan fingerprint density at radius 2 is 1.92 bits per heavy atom. The zero-order chi connectivity index (χ0) is 18.8. The molecule has 2 rings (SSSR count). The maximum atomic E-state index is 11.8. The Hall–Kier alpha value is -3.30. The average molecular weight is 365 g/mol. The molecule has 0 radical (unpaired) electrons. The second-order valence-corrected chi connectivity index (χ2v) is 5.28. The summed E-state index contributed by atoms with van der Waals surface area (Å²) in [7, 11) is 0. The van der Waals surface area contributed by atoms with E-state index in [0.717, 1.165) is 5.56 Å². The van der Waals surface area contributed by atoms with E-state index >= 15 is 0 Å². The van der Waals surface area contributed by atoms with E-state index in [1.165, 1.54) is 0 Å². The first kappa shape index (κ1) is 19.0. The van der Waals surface area contributed by atoms with Crippen LogP contribution in [0.4, 0.5) is 9.59 Å². The quantitative estimate of drug-likeness (QED) is 0.236. The highest BCUT2D eigenvalue weighted by Gasteiger charge is 2.41. The Morgan fingerprint density at radius 1 is 1.15 bits per heavy atom. The molecule has 0 aliphatic carbocycles. The van der Waals surface area contributed by atoms with Crippen LogP contribution in [0.25, 0.3) is 0 Å². The van der Waals surface area contributed by atoms with Crippen molar-refractivity contribution in [2.24, 2.45) is 0 Å². The first-order chi connectivity index (χ1) is 12.6. The van der Waals surface area contributed by atoms with Crippen molar-refractivity contribution in [3.8, 4) is 0 Å². The van der Waals surface area contributed by atoms with Gasteiger partial charge >= 0.3 is 12.2 Å². The predicted octanol–water partition coefficient (Wildman–Crippen LogP) is -0.321. The second-order valence-electron chi connectivity index (χ2n) is 5.28. The highest BCUT2D eigenvalue weighted by atomic mass is 16.7. The van der Waals surface area contributed by atoms with Gasteiger partial charge in [0, 0.05) is 0 Å². The van der Waals surface area contributed by atoms with Crippen LogP contribution < -0.4 is 16.0 Å². The number of benzene rings is 1. The number of hydrogen-bond acceptors (Lipinski definition) is 7. The number of ether oxygens (including phenoxy) is 3. The minimum atomic E-state index is -0.941. The van der Waals surface area contributed by atoms with Crippen LogP contribution in [0.3, 0.4) is 0 Å². The first-order valence-corrected chi connectivity index (χ1v) is 7.84. The standard InChI is InChI=1S/C16H19N3O7/c20-10-17-6-7-24-16(23)26-9-12-13(14(21)18-12)19-15(22)25-8-11-4-2-1-3-5-11/h1-5,10,12-13H,6-9H2,(H,17,20)(H,18,21)(H,19,22)/t12-,13+/m1/s1. The molecule has 1 aromatic carbocycles. The summed E-state index contributed by atoms with van der Waals surface area (Å²) in [5.41, 5.74) is 0.812. The fourth-order valence-electron chi connectivity index (χ4n) is 2.09. The summed E-state index contributed by atoms with van der Waals surface area (Å²) in [4.78, 5) is 44.7. The average Bonchev–Trinajstić information content (AvgIpc) is 2.65. The van der Waals surface area contributed by atoms with Crippen molar-refractivity contribution in [1.82, 2.24) is 16.0 Å². The zero-order valence-corrected chi connectivity index (χ0v) is 13.8. The van der Waals surface area contributed by atoms with Crippen LogP contribution in [0, 0.1) is 0 Å². The van der Waals surface area contributed by atoms with Gasteiger partial charge in [0.05, 0.1) is 12.6 Å². The van der Waals surface area contributed by atoms with Gasteiger partial charge in [-0.05, 0) is 5.56 Å². The Balaban J connectivity index is 1.66. The van der Waals surface area contributed by atoms with E-state index in [1.807, 2.05) is 18.2 Å². The summed E-state index contributed by atoms with van der Waals surface area (Å²) in [6.45, 7) is 0.0247. The number of amides is 3. The largest absolute Gasteiger partial charge is 0.508 e. The molecular weight excluding hydrogens is 346 g/mol. The molecule has 10 heteroatoms. The summed E-state index contributed by atoms with van der Waals surface area (Å²) in [6, 6.07) is 7.65. The van der Waals surface area contributed by atoms with Crippen molar-refractivity contribution in [3.63, 3.8) is 0 Å². The van der Waals surface area contributed by atoms with Crippen LogP contribution in [0.2, 0.25) is 0 Å². The molecule has 0 saturated carbocycles. The highest BCUT2D eigenvalue weighted by Crippen LogP contribution is 2.08. The van der Waals surface area contributed by atoms with Crippen LogP contribution in [-0.4, -0.2) is 56.4 Å². The van der Waals surface area contributed by atoms with Gasteiger partial charge in [0.25, 0.3) is 0 Å². The molecule has 1 saturated heterocycles. The molecule has 10 nitrogen and oxygen atoms in total. The maximum absolute atomic E-state index is 11.8. The highest BCUT2D eigenvalue weighted by molar-refractivity contribution is 5.92. The van der Waals surface area contributed by atoms with Crippen LogP contribution in [0.1, 0.15) is 5.56 Å². The molecule has 3 N–H and O–H groups in total. The molecule has 0 bridgehead atoms. The number of nitrogens with one attached hydrogen (secondary N) is 3. The van der Waals surface area contributed by atoms with E-state index in [0.29, 0.717) is 6.41 Å². The molecule has 1 heterocycles. The summed E-state index contributed by atoms with van der Waals surface area (Å²) in [5.74, 6) is -0.404. The van der Waals surface area contributed by atoms with Gasteiger partial charge < -0.3 is 30.2 Å². The van der Waals surface area contributed by atoms with E-state index < -0.39 is 30.2 Å². The lowest BCUT2D eigenvalue weighted by Crippen LogP contribution is -2.70. The number of β-lactam (4-membered cyclic amide) rings is 1. The minimum absolute atomic E-state index is 0.0396. The molecule has 1 aliphatic heterocycles. The van der Waals surface area contributed by atoms with Crippen molar-refractivity contribution in [2.75, 3.05) is 19.8 Å². The van der Waals surface area contributed by atoms with Gasteiger partial charge in [0.1, 0.15) is 25.9 Å². The third kappa shape index (κ3) is 5.96. The molecule has 140 valence electrons. The van der Waals surface area contributed by atoms with E-state index in [2.05, 4.69) is 20.7 Å². The van der Waals surface area contributed by atoms with Crippen molar-refractivity contribution >= 4 is 24.6 Å². The third-order valence-electron chi connectivity index (χ3n) is 3.43. The van der Waals surface area contributed by atoms with Crippen molar-refractivity contribution < 1.29 is 33.4 Å². The van der Waals surface area contributed by atoms with Crippen molar-refractivity contribution in [2.45, 2.75) is 18.7 Å². The van der Waals surface area contributed by atoms with Crippen molar-refractivity contribution in [1.29, 1.82) is 0 Å². The summed E-state index contributed by atoms with van der Waals surface area (Å²) >= 11 is 0. The molecule has 1 fully saturated rings. The zero-order valence-electron chi connectivity index (χ0n) is 13.8. The number of carbonyl (C=O) groups excluding carboxylic acids is 4. The van der Waals surface area contributed by atoms with Gasteiger partial charge in [0.2, 0.25) is 12.3 Å². The van der Waals surface area contributed by atoms with Crippen LogP contribution in [0.15, 0.2) is 30.3 Å². The fourth-order valence-corrected chi connectivity index (χ4v) is 2.09. The lowest BCUT2D eigenvalue weighted by Gasteiger charge is -2.35. The molecule has 3 amide bonds. The minimum Gasteiger partial charge on any atom is -0.445 e. The van der Waals surface area contributed by atoms with Gasteiger partial charge in [0.15, 0.2) is 0 Å². The van der Waals surface area contributed by atoms with E-state index in [1.54, 1.807) is 12.1 Å². The van der Waals surface area contributed by atoms with Gasteiger partial charge in [-0.25, -0.2) is 9.59 Å². The van der Waals surface area contributed by atoms with Crippen LogP contribution >= 0.6 is 0 Å². The maximum Gasteiger partial charge on any atom is 0.508 e.